The summed E-state index contributed by atoms with van der Waals surface area (Å²) >= 11 is 0. The molecule has 0 aliphatic heterocycles. The fourth-order valence-corrected chi connectivity index (χ4v) is 1.42. The van der Waals surface area contributed by atoms with E-state index in [2.05, 4.69) is 5.10 Å². The van der Waals surface area contributed by atoms with Crippen molar-refractivity contribution in [3.63, 3.8) is 0 Å². The van der Waals surface area contributed by atoms with E-state index in [1.54, 1.807) is 16.9 Å². The average Bonchev–Trinajstić information content (AvgIpc) is 2.64. The zero-order valence-corrected chi connectivity index (χ0v) is 8.00. The van der Waals surface area contributed by atoms with E-state index in [0.29, 0.717) is 6.42 Å². The maximum absolute atomic E-state index is 10.6. The van der Waals surface area contributed by atoms with Gasteiger partial charge in [0.05, 0.1) is 5.52 Å². The minimum atomic E-state index is -0.990. The molecule has 0 amide bonds. The normalized spacial score (nSPS) is 12.9. The smallest absolute Gasteiger partial charge is 0.320 e. The Morgan fingerprint density at radius 1 is 1.53 bits per heavy atom. The van der Waals surface area contributed by atoms with Gasteiger partial charge < -0.3 is 10.8 Å². The molecule has 2 heterocycles. The van der Waals surface area contributed by atoms with Gasteiger partial charge in [-0.2, -0.15) is 5.10 Å². The number of nitrogens with two attached hydrogens (primary N) is 1. The Morgan fingerprint density at radius 2 is 2.33 bits per heavy atom. The SMILES string of the molecule is N[C@@H](Cc1ccc2ccnn2c1)C(=O)O. The van der Waals surface area contributed by atoms with Crippen LogP contribution in [0.25, 0.3) is 5.52 Å². The van der Waals surface area contributed by atoms with Crippen LogP contribution in [0.5, 0.6) is 0 Å². The quantitative estimate of drug-likeness (QED) is 0.754. The van der Waals surface area contributed by atoms with Gasteiger partial charge in [0.1, 0.15) is 6.04 Å². The number of hydrogen-bond acceptors (Lipinski definition) is 3. The summed E-state index contributed by atoms with van der Waals surface area (Å²) in [4.78, 5) is 10.6. The van der Waals surface area contributed by atoms with Gasteiger partial charge in [-0.3, -0.25) is 4.79 Å². The summed E-state index contributed by atoms with van der Waals surface area (Å²) < 4.78 is 1.70. The summed E-state index contributed by atoms with van der Waals surface area (Å²) in [7, 11) is 0. The second-order valence-corrected chi connectivity index (χ2v) is 3.39. The lowest BCUT2D eigenvalue weighted by Gasteiger charge is -2.06. The number of carbonyl (C=O) groups is 1. The highest BCUT2D eigenvalue weighted by Crippen LogP contribution is 2.07. The minimum Gasteiger partial charge on any atom is -0.480 e. The molecule has 0 aromatic carbocycles. The third-order valence-electron chi connectivity index (χ3n) is 2.23. The Kier molecular flexibility index (Phi) is 2.39. The molecule has 0 spiro atoms. The molecule has 0 radical (unpaired) electrons. The topological polar surface area (TPSA) is 80.6 Å². The summed E-state index contributed by atoms with van der Waals surface area (Å²) in [5.41, 5.74) is 7.28. The van der Waals surface area contributed by atoms with E-state index >= 15 is 0 Å². The van der Waals surface area contributed by atoms with Gasteiger partial charge in [-0.05, 0) is 24.1 Å². The Labute approximate surface area is 86.1 Å². The molecule has 0 unspecified atom stereocenters. The second kappa shape index (κ2) is 3.70. The van der Waals surface area contributed by atoms with E-state index in [0.717, 1.165) is 11.1 Å². The first-order valence-electron chi connectivity index (χ1n) is 4.57. The van der Waals surface area contributed by atoms with E-state index in [-0.39, 0.29) is 0 Å². The van der Waals surface area contributed by atoms with Crippen molar-refractivity contribution in [1.82, 2.24) is 9.61 Å². The van der Waals surface area contributed by atoms with Crippen molar-refractivity contribution in [2.75, 3.05) is 0 Å². The molecule has 15 heavy (non-hydrogen) atoms. The van der Waals surface area contributed by atoms with E-state index in [1.807, 2.05) is 18.2 Å². The molecular formula is C10H11N3O2. The molecule has 78 valence electrons. The Balaban J connectivity index is 2.24. The summed E-state index contributed by atoms with van der Waals surface area (Å²) in [5.74, 6) is -0.990. The fraction of sp³-hybridized carbons (Fsp3) is 0.200. The number of carboxylic acids is 1. The van der Waals surface area contributed by atoms with Crippen LogP contribution < -0.4 is 5.73 Å². The van der Waals surface area contributed by atoms with Crippen LogP contribution in [0.4, 0.5) is 0 Å². The molecule has 0 aliphatic carbocycles. The molecule has 1 atom stereocenters. The zero-order chi connectivity index (χ0) is 10.8. The predicted octanol–water partition coefficient (Wildman–Crippen LogP) is 0.289. The number of hydrogen-bond donors (Lipinski definition) is 2. The summed E-state index contributed by atoms with van der Waals surface area (Å²) in [6, 6.07) is 4.76. The van der Waals surface area contributed by atoms with Gasteiger partial charge in [0.25, 0.3) is 0 Å². The van der Waals surface area contributed by atoms with Gasteiger partial charge in [-0.1, -0.05) is 6.07 Å². The van der Waals surface area contributed by atoms with Crippen molar-refractivity contribution in [3.05, 3.63) is 36.2 Å². The molecule has 0 saturated carbocycles. The molecule has 0 aliphatic rings. The van der Waals surface area contributed by atoms with E-state index < -0.39 is 12.0 Å². The van der Waals surface area contributed by atoms with Crippen molar-refractivity contribution in [2.24, 2.45) is 5.73 Å². The Hall–Kier alpha value is -1.88. The standard InChI is InChI=1S/C10H11N3O2/c11-9(10(14)15)5-7-1-2-8-3-4-12-13(8)6-7/h1-4,6,9H,5,11H2,(H,14,15)/t9-/m0/s1. The molecule has 5 heteroatoms. The van der Waals surface area contributed by atoms with Gasteiger partial charge in [-0.15, -0.1) is 0 Å². The number of rotatable bonds is 3. The van der Waals surface area contributed by atoms with Crippen molar-refractivity contribution in [1.29, 1.82) is 0 Å². The highest BCUT2D eigenvalue weighted by Gasteiger charge is 2.12. The van der Waals surface area contributed by atoms with Crippen LogP contribution in [-0.4, -0.2) is 26.7 Å². The number of carboxylic acid groups (broad SMARTS) is 1. The van der Waals surface area contributed by atoms with Gasteiger partial charge >= 0.3 is 5.97 Å². The summed E-state index contributed by atoms with van der Waals surface area (Å²) in [5, 5.41) is 12.7. The van der Waals surface area contributed by atoms with E-state index in [9.17, 15) is 4.79 Å². The van der Waals surface area contributed by atoms with Crippen molar-refractivity contribution >= 4 is 11.5 Å². The number of pyridine rings is 1. The molecule has 5 nitrogen and oxygen atoms in total. The number of aromatic nitrogens is 2. The summed E-state index contributed by atoms with van der Waals surface area (Å²) in [6.45, 7) is 0. The highest BCUT2D eigenvalue weighted by molar-refractivity contribution is 5.73. The first-order valence-corrected chi connectivity index (χ1v) is 4.57. The van der Waals surface area contributed by atoms with Crippen LogP contribution in [-0.2, 0) is 11.2 Å². The van der Waals surface area contributed by atoms with Crippen molar-refractivity contribution < 1.29 is 9.90 Å². The largest absolute Gasteiger partial charge is 0.480 e. The van der Waals surface area contributed by atoms with Gasteiger partial charge in [0.2, 0.25) is 0 Å². The number of nitrogens with zero attached hydrogens (tertiary/aromatic N) is 2. The third kappa shape index (κ3) is 1.97. The van der Waals surface area contributed by atoms with Crippen LogP contribution in [0, 0.1) is 0 Å². The Bertz CT molecular complexity index is 492. The van der Waals surface area contributed by atoms with Gasteiger partial charge in [0, 0.05) is 12.4 Å². The lowest BCUT2D eigenvalue weighted by molar-refractivity contribution is -0.138. The van der Waals surface area contributed by atoms with Gasteiger partial charge in [-0.25, -0.2) is 4.52 Å². The fourth-order valence-electron chi connectivity index (χ4n) is 1.42. The molecule has 2 aromatic rings. The first kappa shape index (κ1) is 9.67. The van der Waals surface area contributed by atoms with Crippen LogP contribution >= 0.6 is 0 Å². The lowest BCUT2D eigenvalue weighted by Crippen LogP contribution is -2.32. The third-order valence-corrected chi connectivity index (χ3v) is 2.23. The van der Waals surface area contributed by atoms with Crippen LogP contribution in [0.2, 0.25) is 0 Å². The zero-order valence-electron chi connectivity index (χ0n) is 8.00. The first-order chi connectivity index (χ1) is 7.16. The van der Waals surface area contributed by atoms with E-state index in [1.165, 1.54) is 0 Å². The average molecular weight is 205 g/mol. The van der Waals surface area contributed by atoms with Crippen LogP contribution in [0.15, 0.2) is 30.6 Å². The van der Waals surface area contributed by atoms with Gasteiger partial charge in [0.15, 0.2) is 0 Å². The Morgan fingerprint density at radius 3 is 3.07 bits per heavy atom. The minimum absolute atomic E-state index is 0.311. The molecule has 0 saturated heterocycles. The van der Waals surface area contributed by atoms with Crippen LogP contribution in [0.1, 0.15) is 5.56 Å². The van der Waals surface area contributed by atoms with Crippen molar-refractivity contribution in [3.8, 4) is 0 Å². The molecule has 0 bridgehead atoms. The van der Waals surface area contributed by atoms with Crippen LogP contribution in [0.3, 0.4) is 0 Å². The molecule has 0 fully saturated rings. The van der Waals surface area contributed by atoms with Crippen molar-refractivity contribution in [2.45, 2.75) is 12.5 Å². The highest BCUT2D eigenvalue weighted by atomic mass is 16.4. The molecule has 2 aromatic heterocycles. The monoisotopic (exact) mass is 205 g/mol. The molecule has 3 N–H and O–H groups in total. The maximum atomic E-state index is 10.6. The number of aliphatic carboxylic acids is 1. The predicted molar refractivity (Wildman–Crippen MR) is 54.5 cm³/mol. The second-order valence-electron chi connectivity index (χ2n) is 3.39. The lowest BCUT2D eigenvalue weighted by atomic mass is 10.1. The summed E-state index contributed by atoms with van der Waals surface area (Å²) in [6.07, 6.45) is 3.79. The molecular weight excluding hydrogens is 194 g/mol. The maximum Gasteiger partial charge on any atom is 0.320 e. The van der Waals surface area contributed by atoms with E-state index in [4.69, 9.17) is 10.8 Å². The molecule has 2 rings (SSSR count). The number of fused-ring (bicyclic) bond motifs is 1.